The zero-order chi connectivity index (χ0) is 24.4. The van der Waals surface area contributed by atoms with E-state index in [1.807, 2.05) is 13.0 Å². The average molecular weight is 470 g/mol. The maximum Gasteiger partial charge on any atom is 0.329 e. The molecule has 0 amide bonds. The molecule has 9 nitrogen and oxygen atoms in total. The van der Waals surface area contributed by atoms with Gasteiger partial charge in [-0.15, -0.1) is 0 Å². The Morgan fingerprint density at radius 2 is 1.85 bits per heavy atom. The van der Waals surface area contributed by atoms with Crippen molar-refractivity contribution in [3.8, 4) is 5.75 Å². The molecule has 1 aromatic carbocycles. The molecule has 184 valence electrons. The number of H-pyrrole nitrogens is 1. The quantitative estimate of drug-likeness (QED) is 0.551. The fraction of sp³-hybridized carbons (Fsp3) is 0.560. The van der Waals surface area contributed by atoms with Crippen molar-refractivity contribution in [2.24, 2.45) is 7.05 Å². The largest absolute Gasteiger partial charge is 0.491 e. The molecule has 34 heavy (non-hydrogen) atoms. The van der Waals surface area contributed by atoms with Gasteiger partial charge in [0.15, 0.2) is 11.2 Å². The summed E-state index contributed by atoms with van der Waals surface area (Å²) >= 11 is 0. The SMILES string of the molecule is Cc1ccc(C(C)C)c(OC[C@@H](O)Cn2c(N3CCCCCC3)nc3c2c(=O)[nH]c(=O)n3C)c1. The number of fused-ring (bicyclic) bond motifs is 1. The Morgan fingerprint density at radius 1 is 1.15 bits per heavy atom. The second-order valence-electron chi connectivity index (χ2n) is 9.57. The number of aryl methyl sites for hydroxylation is 2. The minimum absolute atomic E-state index is 0.0754. The number of anilines is 1. The van der Waals surface area contributed by atoms with E-state index in [4.69, 9.17) is 9.72 Å². The van der Waals surface area contributed by atoms with Crippen molar-refractivity contribution in [3.63, 3.8) is 0 Å². The summed E-state index contributed by atoms with van der Waals surface area (Å²) in [5, 5.41) is 11.0. The van der Waals surface area contributed by atoms with Crippen molar-refractivity contribution in [2.75, 3.05) is 24.6 Å². The summed E-state index contributed by atoms with van der Waals surface area (Å²) in [5.41, 5.74) is 1.78. The lowest BCUT2D eigenvalue weighted by Gasteiger charge is -2.24. The molecule has 1 aliphatic rings. The van der Waals surface area contributed by atoms with Crippen LogP contribution in [0, 0.1) is 6.92 Å². The molecule has 0 radical (unpaired) electrons. The molecule has 3 heterocycles. The van der Waals surface area contributed by atoms with E-state index in [-0.39, 0.29) is 13.2 Å². The Labute approximate surface area is 199 Å². The second-order valence-corrected chi connectivity index (χ2v) is 9.57. The van der Waals surface area contributed by atoms with Gasteiger partial charge in [-0.25, -0.2) is 4.79 Å². The molecule has 0 unspecified atom stereocenters. The van der Waals surface area contributed by atoms with Crippen LogP contribution in [-0.2, 0) is 13.6 Å². The van der Waals surface area contributed by atoms with Gasteiger partial charge in [-0.2, -0.15) is 4.98 Å². The number of aliphatic hydroxyl groups excluding tert-OH is 1. The molecule has 2 N–H and O–H groups in total. The van der Waals surface area contributed by atoms with Crippen LogP contribution in [0.1, 0.15) is 56.6 Å². The van der Waals surface area contributed by atoms with Crippen LogP contribution in [-0.4, -0.2) is 50.0 Å². The van der Waals surface area contributed by atoms with Crippen LogP contribution in [0.5, 0.6) is 5.75 Å². The molecule has 0 spiro atoms. The first-order valence-electron chi connectivity index (χ1n) is 12.1. The van der Waals surface area contributed by atoms with Crippen LogP contribution in [0.15, 0.2) is 27.8 Å². The van der Waals surface area contributed by atoms with E-state index in [9.17, 15) is 14.7 Å². The van der Waals surface area contributed by atoms with Crippen molar-refractivity contribution in [1.29, 1.82) is 0 Å². The predicted octanol–water partition coefficient (Wildman–Crippen LogP) is 2.68. The Kier molecular flexibility index (Phi) is 7.11. The van der Waals surface area contributed by atoms with Crippen LogP contribution in [0.2, 0.25) is 0 Å². The van der Waals surface area contributed by atoms with E-state index in [0.29, 0.717) is 23.0 Å². The molecule has 2 aromatic heterocycles. The highest BCUT2D eigenvalue weighted by molar-refractivity contribution is 5.74. The van der Waals surface area contributed by atoms with E-state index in [1.165, 1.54) is 4.57 Å². The van der Waals surface area contributed by atoms with E-state index in [1.54, 1.807) is 11.6 Å². The van der Waals surface area contributed by atoms with Gasteiger partial charge in [-0.1, -0.05) is 38.8 Å². The van der Waals surface area contributed by atoms with Gasteiger partial charge >= 0.3 is 5.69 Å². The lowest BCUT2D eigenvalue weighted by Crippen LogP contribution is -2.32. The molecule has 4 rings (SSSR count). The monoisotopic (exact) mass is 469 g/mol. The number of imidazole rings is 1. The molecular weight excluding hydrogens is 434 g/mol. The zero-order valence-electron chi connectivity index (χ0n) is 20.5. The molecule has 9 heteroatoms. The summed E-state index contributed by atoms with van der Waals surface area (Å²) in [6.07, 6.45) is 3.51. The molecule has 0 aliphatic carbocycles. The molecule has 1 fully saturated rings. The third kappa shape index (κ3) is 4.89. The van der Waals surface area contributed by atoms with Gasteiger partial charge in [0, 0.05) is 20.1 Å². The normalized spacial score (nSPS) is 15.6. The fourth-order valence-corrected chi connectivity index (χ4v) is 4.60. The summed E-state index contributed by atoms with van der Waals surface area (Å²) in [7, 11) is 1.59. The number of aromatic nitrogens is 4. The third-order valence-corrected chi connectivity index (χ3v) is 6.49. The number of rotatable bonds is 7. The van der Waals surface area contributed by atoms with Gasteiger partial charge in [-0.3, -0.25) is 14.3 Å². The maximum atomic E-state index is 12.8. The van der Waals surface area contributed by atoms with Crippen LogP contribution in [0.4, 0.5) is 5.95 Å². The first-order chi connectivity index (χ1) is 16.3. The van der Waals surface area contributed by atoms with Crippen molar-refractivity contribution >= 4 is 17.1 Å². The Morgan fingerprint density at radius 3 is 2.53 bits per heavy atom. The topological polar surface area (TPSA) is 105 Å². The maximum absolute atomic E-state index is 12.8. The number of hydrogen-bond acceptors (Lipinski definition) is 6. The van der Waals surface area contributed by atoms with Gasteiger partial charge in [0.05, 0.1) is 6.54 Å². The molecule has 1 aliphatic heterocycles. The summed E-state index contributed by atoms with van der Waals surface area (Å²) in [4.78, 5) is 34.2. The van der Waals surface area contributed by atoms with Crippen molar-refractivity contribution in [1.82, 2.24) is 19.1 Å². The smallest absolute Gasteiger partial charge is 0.329 e. The van der Waals surface area contributed by atoms with Gasteiger partial charge < -0.3 is 19.3 Å². The number of nitrogens with zero attached hydrogens (tertiary/aromatic N) is 4. The minimum atomic E-state index is -0.875. The lowest BCUT2D eigenvalue weighted by atomic mass is 10.0. The van der Waals surface area contributed by atoms with Crippen molar-refractivity contribution in [2.45, 2.75) is 65.0 Å². The van der Waals surface area contributed by atoms with Crippen LogP contribution in [0.3, 0.4) is 0 Å². The first kappa shape index (κ1) is 24.1. The highest BCUT2D eigenvalue weighted by Gasteiger charge is 2.24. The second kappa shape index (κ2) is 10.0. The Balaban J connectivity index is 1.66. The standard InChI is InChI=1S/C25H35N5O4/c1-16(2)19-10-9-17(3)13-20(19)34-15-18(31)14-30-21-22(28(4)25(33)27-23(21)32)26-24(30)29-11-7-5-6-8-12-29/h9-10,13,16,18,31H,5-8,11-12,14-15H2,1-4H3,(H,27,32,33)/t18-/m0/s1. The van der Waals surface area contributed by atoms with Crippen LogP contribution in [0.25, 0.3) is 11.2 Å². The summed E-state index contributed by atoms with van der Waals surface area (Å²) in [6.45, 7) is 8.07. The summed E-state index contributed by atoms with van der Waals surface area (Å²) in [5.74, 6) is 1.67. The molecular formula is C25H35N5O4. The van der Waals surface area contributed by atoms with Crippen LogP contribution < -0.4 is 20.9 Å². The average Bonchev–Trinajstić information content (AvgIpc) is 2.96. The first-order valence-corrected chi connectivity index (χ1v) is 12.1. The highest BCUT2D eigenvalue weighted by Crippen LogP contribution is 2.28. The van der Waals surface area contributed by atoms with E-state index in [0.717, 1.165) is 55.6 Å². The van der Waals surface area contributed by atoms with Crippen LogP contribution >= 0.6 is 0 Å². The van der Waals surface area contributed by atoms with Gasteiger partial charge in [-0.05, 0) is 42.9 Å². The minimum Gasteiger partial charge on any atom is -0.491 e. The molecule has 1 atom stereocenters. The number of nitrogens with one attached hydrogen (secondary N) is 1. The van der Waals surface area contributed by atoms with Crippen molar-refractivity contribution in [3.05, 3.63) is 50.2 Å². The highest BCUT2D eigenvalue weighted by atomic mass is 16.5. The molecule has 0 bridgehead atoms. The number of benzene rings is 1. The fourth-order valence-electron chi connectivity index (χ4n) is 4.60. The van der Waals surface area contributed by atoms with Gasteiger partial charge in [0.2, 0.25) is 5.95 Å². The Bertz CT molecular complexity index is 1260. The number of ether oxygens (including phenoxy) is 1. The predicted molar refractivity (Wildman–Crippen MR) is 133 cm³/mol. The zero-order valence-corrected chi connectivity index (χ0v) is 20.5. The third-order valence-electron chi connectivity index (χ3n) is 6.49. The molecule has 3 aromatic rings. The summed E-state index contributed by atoms with van der Waals surface area (Å²) in [6, 6.07) is 6.10. The summed E-state index contributed by atoms with van der Waals surface area (Å²) < 4.78 is 9.13. The van der Waals surface area contributed by atoms with Crippen molar-refractivity contribution < 1.29 is 9.84 Å². The Hall–Kier alpha value is -3.07. The molecule has 0 saturated carbocycles. The lowest BCUT2D eigenvalue weighted by molar-refractivity contribution is 0.0930. The van der Waals surface area contributed by atoms with E-state index in [2.05, 4.69) is 35.9 Å². The van der Waals surface area contributed by atoms with Gasteiger partial charge in [0.25, 0.3) is 5.56 Å². The van der Waals surface area contributed by atoms with E-state index < -0.39 is 17.4 Å². The number of aromatic amines is 1. The number of aliphatic hydroxyl groups is 1. The van der Waals surface area contributed by atoms with E-state index >= 15 is 0 Å². The number of hydrogen-bond donors (Lipinski definition) is 2. The van der Waals surface area contributed by atoms with Gasteiger partial charge in [0.1, 0.15) is 18.5 Å². The molecule has 1 saturated heterocycles.